The number of nitrogen functional groups attached to an aromatic ring is 1. The zero-order valence-corrected chi connectivity index (χ0v) is 17.1. The van der Waals surface area contributed by atoms with E-state index in [2.05, 4.69) is 32.4 Å². The molecular formula is C22H18F3N6O2. The van der Waals surface area contributed by atoms with Gasteiger partial charge in [-0.1, -0.05) is 18.2 Å². The average Bonchev–Trinajstić information content (AvgIpc) is 3.13. The number of rotatable bonds is 5. The molecular weight excluding hydrogens is 437 g/mol. The molecule has 0 saturated carbocycles. The van der Waals surface area contributed by atoms with Gasteiger partial charge >= 0.3 is 12.4 Å². The fourth-order valence-electron chi connectivity index (χ4n) is 3.38. The van der Waals surface area contributed by atoms with Crippen molar-refractivity contribution in [2.24, 2.45) is 0 Å². The van der Waals surface area contributed by atoms with Crippen LogP contribution in [0.4, 0.5) is 35.2 Å². The minimum atomic E-state index is -4.82. The maximum absolute atomic E-state index is 12.4. The number of carbonyl (C=O) groups is 1. The highest BCUT2D eigenvalue weighted by Gasteiger charge is 2.31. The van der Waals surface area contributed by atoms with Crippen LogP contribution in [0, 0.1) is 6.92 Å². The van der Waals surface area contributed by atoms with Crippen LogP contribution in [-0.2, 0) is 6.42 Å². The van der Waals surface area contributed by atoms with Crippen molar-refractivity contribution >= 4 is 28.7 Å². The summed E-state index contributed by atoms with van der Waals surface area (Å²) in [5, 5.41) is 9.27. The molecule has 0 atom stereocenters. The molecule has 0 unspecified atom stereocenters. The molecule has 4 N–H and O–H groups in total. The van der Waals surface area contributed by atoms with E-state index < -0.39 is 18.1 Å². The third kappa shape index (κ3) is 4.97. The first-order chi connectivity index (χ1) is 15.7. The first-order valence-corrected chi connectivity index (χ1v) is 9.67. The lowest BCUT2D eigenvalue weighted by molar-refractivity contribution is -0.274. The molecule has 2 heterocycles. The Morgan fingerprint density at radius 2 is 1.85 bits per heavy atom. The van der Waals surface area contributed by atoms with Crippen molar-refractivity contribution in [2.75, 3.05) is 16.4 Å². The van der Waals surface area contributed by atoms with E-state index in [1.54, 1.807) is 28.8 Å². The molecule has 0 aliphatic carbocycles. The number of ether oxygens (including phenoxy) is 1. The van der Waals surface area contributed by atoms with Crippen molar-refractivity contribution in [1.29, 1.82) is 0 Å². The molecule has 0 bridgehead atoms. The molecule has 0 aliphatic rings. The molecule has 4 aromatic rings. The smallest absolute Gasteiger partial charge is 0.406 e. The number of nitrogens with two attached hydrogens (primary N) is 1. The summed E-state index contributed by atoms with van der Waals surface area (Å²) in [6, 6.07) is 11.3. The normalized spacial score (nSPS) is 11.4. The highest BCUT2D eigenvalue weighted by Crippen LogP contribution is 2.33. The minimum absolute atomic E-state index is 0.140. The van der Waals surface area contributed by atoms with Crippen LogP contribution in [0.5, 0.6) is 5.75 Å². The number of hydrogen-bond acceptors (Lipinski definition) is 5. The summed E-state index contributed by atoms with van der Waals surface area (Å²) in [5.74, 6) is -0.105. The van der Waals surface area contributed by atoms with Gasteiger partial charge in [0.05, 0.1) is 0 Å². The minimum Gasteiger partial charge on any atom is -0.406 e. The number of amides is 2. The average molecular weight is 455 g/mol. The van der Waals surface area contributed by atoms with Crippen LogP contribution in [0.1, 0.15) is 5.56 Å². The number of fused-ring (bicyclic) bond motifs is 1. The van der Waals surface area contributed by atoms with Crippen LogP contribution in [0.3, 0.4) is 0 Å². The zero-order chi connectivity index (χ0) is 23.6. The first-order valence-electron chi connectivity index (χ1n) is 9.67. The van der Waals surface area contributed by atoms with Crippen LogP contribution in [0.15, 0.2) is 61.1 Å². The summed E-state index contributed by atoms with van der Waals surface area (Å²) < 4.78 is 42.6. The van der Waals surface area contributed by atoms with E-state index in [0.29, 0.717) is 23.4 Å². The van der Waals surface area contributed by atoms with Gasteiger partial charge in [0, 0.05) is 29.2 Å². The Bertz CT molecular complexity index is 1300. The number of urea groups is 1. The van der Waals surface area contributed by atoms with Crippen molar-refractivity contribution in [3.63, 3.8) is 0 Å². The molecule has 2 amide bonds. The number of nitrogens with zero attached hydrogens (tertiary/aromatic N) is 3. The largest absolute Gasteiger partial charge is 0.573 e. The third-order valence-electron chi connectivity index (χ3n) is 4.71. The first kappa shape index (κ1) is 21.9. The Labute approximate surface area is 186 Å². The highest BCUT2D eigenvalue weighted by atomic mass is 19.4. The van der Waals surface area contributed by atoms with E-state index in [9.17, 15) is 18.0 Å². The molecule has 2 aromatic carbocycles. The number of aromatic nitrogens is 3. The SMILES string of the molecule is [CH2]Cc1cn2ncnc(N)c2c1-c1ccc(NC(=O)Nc2cccc(OC(F)(F)F)c2)cc1. The lowest BCUT2D eigenvalue weighted by Crippen LogP contribution is -2.20. The van der Waals surface area contributed by atoms with Crippen molar-refractivity contribution in [3.05, 3.63) is 73.5 Å². The van der Waals surface area contributed by atoms with Crippen molar-refractivity contribution in [1.82, 2.24) is 14.6 Å². The summed E-state index contributed by atoms with van der Waals surface area (Å²) in [5.41, 5.74) is 9.94. The zero-order valence-electron chi connectivity index (χ0n) is 17.1. The van der Waals surface area contributed by atoms with Gasteiger partial charge in [0.15, 0.2) is 5.82 Å². The fraction of sp³-hybridized carbons (Fsp3) is 0.0909. The lowest BCUT2D eigenvalue weighted by Gasteiger charge is -2.12. The summed E-state index contributed by atoms with van der Waals surface area (Å²) in [6.07, 6.45) is -1.10. The molecule has 0 aliphatic heterocycles. The van der Waals surface area contributed by atoms with Gasteiger partial charge < -0.3 is 21.1 Å². The van der Waals surface area contributed by atoms with Crippen molar-refractivity contribution in [2.45, 2.75) is 12.8 Å². The van der Waals surface area contributed by atoms with E-state index in [0.717, 1.165) is 28.8 Å². The van der Waals surface area contributed by atoms with Crippen LogP contribution < -0.4 is 21.1 Å². The molecule has 0 saturated heterocycles. The summed E-state index contributed by atoms with van der Waals surface area (Å²) in [7, 11) is 0. The van der Waals surface area contributed by atoms with Gasteiger partial charge in [-0.25, -0.2) is 14.3 Å². The molecule has 0 fully saturated rings. The number of hydrogen-bond donors (Lipinski definition) is 3. The monoisotopic (exact) mass is 455 g/mol. The maximum atomic E-state index is 12.4. The molecule has 8 nitrogen and oxygen atoms in total. The molecule has 2 aromatic heterocycles. The van der Waals surface area contributed by atoms with Gasteiger partial charge in [-0.3, -0.25) is 0 Å². The topological polar surface area (TPSA) is 107 Å². The second kappa shape index (κ2) is 8.69. The van der Waals surface area contributed by atoms with Gasteiger partial charge in [-0.05, 0) is 48.7 Å². The molecule has 11 heteroatoms. The summed E-state index contributed by atoms with van der Waals surface area (Å²) in [4.78, 5) is 16.3. The standard InChI is InChI=1S/C22H18F3N6O2/c1-2-13-11-31-19(20(26)27-12-28-31)18(13)14-6-8-15(9-7-14)29-21(32)30-16-4-3-5-17(10-16)33-22(23,24)25/h3-12H,1-2H2,(H2,26,27,28)(H2,29,30,32). The predicted molar refractivity (Wildman–Crippen MR) is 118 cm³/mol. The Balaban J connectivity index is 1.50. The Morgan fingerprint density at radius 3 is 2.55 bits per heavy atom. The number of anilines is 3. The van der Waals surface area contributed by atoms with Gasteiger partial charge in [-0.15, -0.1) is 13.2 Å². The number of alkyl halides is 3. The second-order valence-electron chi connectivity index (χ2n) is 6.95. The summed E-state index contributed by atoms with van der Waals surface area (Å²) in [6.45, 7) is 3.95. The van der Waals surface area contributed by atoms with Crippen LogP contribution >= 0.6 is 0 Å². The van der Waals surface area contributed by atoms with Crippen LogP contribution in [-0.4, -0.2) is 27.0 Å². The lowest BCUT2D eigenvalue weighted by atomic mass is 10.0. The number of halogens is 3. The quantitative estimate of drug-likeness (QED) is 0.397. The van der Waals surface area contributed by atoms with E-state index in [4.69, 9.17) is 5.73 Å². The Morgan fingerprint density at radius 1 is 1.12 bits per heavy atom. The maximum Gasteiger partial charge on any atom is 0.573 e. The van der Waals surface area contributed by atoms with Gasteiger partial charge in [0.2, 0.25) is 0 Å². The van der Waals surface area contributed by atoms with Gasteiger partial charge in [0.1, 0.15) is 17.6 Å². The predicted octanol–water partition coefficient (Wildman–Crippen LogP) is 4.90. The van der Waals surface area contributed by atoms with Gasteiger partial charge in [0.25, 0.3) is 0 Å². The van der Waals surface area contributed by atoms with E-state index >= 15 is 0 Å². The van der Waals surface area contributed by atoms with E-state index in [1.807, 2.05) is 6.20 Å². The number of nitrogens with one attached hydrogen (secondary N) is 2. The molecule has 33 heavy (non-hydrogen) atoms. The number of benzene rings is 2. The number of carbonyl (C=O) groups excluding carboxylic acids is 1. The summed E-state index contributed by atoms with van der Waals surface area (Å²) >= 11 is 0. The Kier molecular flexibility index (Phi) is 5.78. The van der Waals surface area contributed by atoms with Crippen LogP contribution in [0.2, 0.25) is 0 Å². The fourth-order valence-corrected chi connectivity index (χ4v) is 3.38. The third-order valence-corrected chi connectivity index (χ3v) is 4.71. The van der Waals surface area contributed by atoms with Gasteiger partial charge in [-0.2, -0.15) is 5.10 Å². The van der Waals surface area contributed by atoms with Crippen molar-refractivity contribution < 1.29 is 22.7 Å². The Hall–Kier alpha value is -4.28. The molecule has 4 rings (SSSR count). The highest BCUT2D eigenvalue weighted by molar-refractivity contribution is 6.00. The molecule has 1 radical (unpaired) electrons. The van der Waals surface area contributed by atoms with Crippen LogP contribution in [0.25, 0.3) is 16.6 Å². The molecule has 0 spiro atoms. The molecule has 169 valence electrons. The second-order valence-corrected chi connectivity index (χ2v) is 6.95. The van der Waals surface area contributed by atoms with E-state index in [1.165, 1.54) is 18.5 Å². The van der Waals surface area contributed by atoms with E-state index in [-0.39, 0.29) is 5.69 Å². The van der Waals surface area contributed by atoms with Crippen molar-refractivity contribution in [3.8, 4) is 16.9 Å².